The average Bonchev–Trinajstić information content (AvgIpc) is 2.80. The Labute approximate surface area is 165 Å². The van der Waals surface area contributed by atoms with E-state index in [9.17, 15) is 19.2 Å². The number of carbonyl (C=O) groups is 3. The maximum absolute atomic E-state index is 12.1. The lowest BCUT2D eigenvalue weighted by molar-refractivity contribution is -0.145. The Balaban J connectivity index is 1.67. The van der Waals surface area contributed by atoms with Gasteiger partial charge in [-0.15, -0.1) is 0 Å². The molecule has 148 valence electrons. The molecule has 1 aliphatic heterocycles. The fourth-order valence-electron chi connectivity index (χ4n) is 2.92. The van der Waals surface area contributed by atoms with Gasteiger partial charge in [0.05, 0.1) is 6.42 Å². The Kier molecular flexibility index (Phi) is 5.16. The zero-order valence-corrected chi connectivity index (χ0v) is 16.4. The predicted molar refractivity (Wildman–Crippen MR) is 101 cm³/mol. The van der Waals surface area contributed by atoms with Gasteiger partial charge in [0.2, 0.25) is 0 Å². The van der Waals surface area contributed by atoms with Crippen LogP contribution in [0.3, 0.4) is 0 Å². The third kappa shape index (κ3) is 3.87. The lowest BCUT2D eigenvalue weighted by atomic mass is 10.1. The number of benzene rings is 1. The molecule has 28 heavy (non-hydrogen) atoms. The van der Waals surface area contributed by atoms with Gasteiger partial charge in [-0.3, -0.25) is 14.5 Å². The maximum Gasteiger partial charge on any atom is 0.336 e. The minimum Gasteiger partial charge on any atom is -0.461 e. The average molecular weight is 407 g/mol. The molecule has 2 heterocycles. The number of imide groups is 1. The number of nitrogens with one attached hydrogen (secondary N) is 1. The Morgan fingerprint density at radius 2 is 1.96 bits per heavy atom. The highest BCUT2D eigenvalue weighted by atomic mass is 35.5. The van der Waals surface area contributed by atoms with Gasteiger partial charge in [0.15, 0.2) is 0 Å². The molecule has 0 saturated carbocycles. The van der Waals surface area contributed by atoms with Crippen molar-refractivity contribution in [1.29, 1.82) is 0 Å². The molecule has 2 aromatic rings. The van der Waals surface area contributed by atoms with Crippen LogP contribution in [-0.4, -0.2) is 34.9 Å². The number of rotatable bonds is 5. The van der Waals surface area contributed by atoms with Crippen LogP contribution in [0.4, 0.5) is 4.79 Å². The minimum atomic E-state index is -0.991. The summed E-state index contributed by atoms with van der Waals surface area (Å²) in [5.74, 6) is -1.01. The number of nitrogens with zero attached hydrogens (tertiary/aromatic N) is 1. The number of halogens is 1. The van der Waals surface area contributed by atoms with E-state index in [0.717, 1.165) is 10.5 Å². The summed E-state index contributed by atoms with van der Waals surface area (Å²) in [6.45, 7) is 4.71. The van der Waals surface area contributed by atoms with E-state index in [0.29, 0.717) is 21.6 Å². The van der Waals surface area contributed by atoms with Crippen molar-refractivity contribution in [2.45, 2.75) is 39.3 Å². The van der Waals surface area contributed by atoms with Crippen LogP contribution in [0, 0.1) is 6.92 Å². The van der Waals surface area contributed by atoms with Crippen LogP contribution in [0.1, 0.15) is 31.4 Å². The summed E-state index contributed by atoms with van der Waals surface area (Å²) in [6.07, 6.45) is -0.158. The van der Waals surface area contributed by atoms with Crippen LogP contribution in [0.15, 0.2) is 27.4 Å². The molecule has 3 amide bonds. The zero-order valence-electron chi connectivity index (χ0n) is 15.6. The van der Waals surface area contributed by atoms with Crippen molar-refractivity contribution in [2.24, 2.45) is 0 Å². The summed E-state index contributed by atoms with van der Waals surface area (Å²) in [5.41, 5.74) is -0.000502. The van der Waals surface area contributed by atoms with Gasteiger partial charge in [-0.05, 0) is 38.5 Å². The molecule has 3 rings (SSSR count). The molecule has 1 fully saturated rings. The van der Waals surface area contributed by atoms with Crippen LogP contribution in [-0.2, 0) is 20.9 Å². The summed E-state index contributed by atoms with van der Waals surface area (Å²) in [7, 11) is 0. The lowest BCUT2D eigenvalue weighted by Gasteiger charge is -2.15. The number of aryl methyl sites for hydroxylation is 1. The van der Waals surface area contributed by atoms with Crippen molar-refractivity contribution >= 4 is 40.5 Å². The smallest absolute Gasteiger partial charge is 0.336 e. The second kappa shape index (κ2) is 7.27. The van der Waals surface area contributed by atoms with Crippen molar-refractivity contribution in [3.8, 4) is 0 Å². The van der Waals surface area contributed by atoms with Gasteiger partial charge < -0.3 is 14.5 Å². The SMILES string of the molecule is Cc1cc2oc(=O)cc(COC(=O)CCN3C(=O)NC(C)(C)C3=O)c2cc1Cl. The summed E-state index contributed by atoms with van der Waals surface area (Å²) in [5, 5.41) is 3.60. The van der Waals surface area contributed by atoms with Gasteiger partial charge in [0.25, 0.3) is 5.91 Å². The number of ether oxygens (including phenoxy) is 1. The fourth-order valence-corrected chi connectivity index (χ4v) is 3.09. The Morgan fingerprint density at radius 3 is 2.61 bits per heavy atom. The molecule has 0 aliphatic carbocycles. The number of urea groups is 1. The molecule has 9 heteroatoms. The molecular weight excluding hydrogens is 388 g/mol. The van der Waals surface area contributed by atoms with Crippen molar-refractivity contribution < 1.29 is 23.5 Å². The second-order valence-electron chi connectivity index (χ2n) is 7.11. The van der Waals surface area contributed by atoms with E-state index in [4.69, 9.17) is 20.8 Å². The van der Waals surface area contributed by atoms with E-state index < -0.39 is 29.1 Å². The van der Waals surface area contributed by atoms with Crippen molar-refractivity contribution in [1.82, 2.24) is 10.2 Å². The fraction of sp³-hybridized carbons (Fsp3) is 0.368. The molecule has 1 N–H and O–H groups in total. The van der Waals surface area contributed by atoms with Crippen LogP contribution in [0.5, 0.6) is 0 Å². The molecule has 1 aromatic carbocycles. The van der Waals surface area contributed by atoms with Crippen LogP contribution < -0.4 is 10.9 Å². The molecule has 1 aliphatic rings. The molecule has 0 atom stereocenters. The zero-order chi connectivity index (χ0) is 20.6. The molecule has 0 spiro atoms. The topological polar surface area (TPSA) is 106 Å². The van der Waals surface area contributed by atoms with Gasteiger partial charge >= 0.3 is 17.6 Å². The number of fused-ring (bicyclic) bond motifs is 1. The Morgan fingerprint density at radius 1 is 1.25 bits per heavy atom. The summed E-state index contributed by atoms with van der Waals surface area (Å²) in [6, 6.07) is 3.98. The molecule has 1 saturated heterocycles. The van der Waals surface area contributed by atoms with Gasteiger partial charge in [0.1, 0.15) is 17.7 Å². The van der Waals surface area contributed by atoms with Crippen LogP contribution in [0.25, 0.3) is 11.0 Å². The molecule has 0 unspecified atom stereocenters. The Bertz CT molecular complexity index is 1040. The highest BCUT2D eigenvalue weighted by molar-refractivity contribution is 6.32. The number of hydrogen-bond acceptors (Lipinski definition) is 6. The quantitative estimate of drug-likeness (QED) is 0.464. The molecule has 1 aromatic heterocycles. The highest BCUT2D eigenvalue weighted by Gasteiger charge is 2.44. The highest BCUT2D eigenvalue weighted by Crippen LogP contribution is 2.25. The van der Waals surface area contributed by atoms with Crippen molar-refractivity contribution in [3.63, 3.8) is 0 Å². The first-order chi connectivity index (χ1) is 13.1. The number of amides is 3. The normalized spacial score (nSPS) is 15.8. The first-order valence-electron chi connectivity index (χ1n) is 8.61. The van der Waals surface area contributed by atoms with Gasteiger partial charge in [-0.2, -0.15) is 0 Å². The molecular formula is C19H19ClN2O6. The van der Waals surface area contributed by atoms with Crippen molar-refractivity contribution in [3.05, 3.63) is 44.8 Å². The molecule has 8 nitrogen and oxygen atoms in total. The number of hydrogen-bond donors (Lipinski definition) is 1. The predicted octanol–water partition coefficient (Wildman–Crippen LogP) is 2.52. The van der Waals surface area contributed by atoms with Gasteiger partial charge in [-0.1, -0.05) is 11.6 Å². The van der Waals surface area contributed by atoms with Crippen LogP contribution >= 0.6 is 11.6 Å². The summed E-state index contributed by atoms with van der Waals surface area (Å²) < 4.78 is 10.4. The standard InChI is InChI=1S/C19H19ClN2O6/c1-10-6-14-12(8-13(10)20)11(7-16(24)28-14)9-27-15(23)4-5-22-17(25)19(2,3)21-18(22)26/h6-8H,4-5,9H2,1-3H3,(H,21,26). The van der Waals surface area contributed by atoms with E-state index in [1.165, 1.54) is 6.07 Å². The molecule has 0 bridgehead atoms. The van der Waals surface area contributed by atoms with Crippen LogP contribution in [0.2, 0.25) is 5.02 Å². The Hall–Kier alpha value is -2.87. The first kappa shape index (κ1) is 19.9. The van der Waals surface area contributed by atoms with E-state index in [1.54, 1.807) is 32.9 Å². The number of carbonyl (C=O) groups excluding carboxylic acids is 3. The summed E-state index contributed by atoms with van der Waals surface area (Å²) >= 11 is 6.13. The second-order valence-corrected chi connectivity index (χ2v) is 7.52. The van der Waals surface area contributed by atoms with E-state index in [2.05, 4.69) is 5.32 Å². The number of esters is 1. The van der Waals surface area contributed by atoms with Crippen molar-refractivity contribution in [2.75, 3.05) is 6.54 Å². The van der Waals surface area contributed by atoms with E-state index in [-0.39, 0.29) is 19.6 Å². The van der Waals surface area contributed by atoms with E-state index in [1.807, 2.05) is 0 Å². The largest absolute Gasteiger partial charge is 0.461 e. The van der Waals surface area contributed by atoms with Gasteiger partial charge in [0, 0.05) is 28.6 Å². The molecule has 0 radical (unpaired) electrons. The van der Waals surface area contributed by atoms with E-state index >= 15 is 0 Å². The first-order valence-corrected chi connectivity index (χ1v) is 8.99. The lowest BCUT2D eigenvalue weighted by Crippen LogP contribution is -2.40. The minimum absolute atomic E-state index is 0.0877. The third-order valence-corrected chi connectivity index (χ3v) is 4.89. The maximum atomic E-state index is 12.1. The third-order valence-electron chi connectivity index (χ3n) is 4.48. The summed E-state index contributed by atoms with van der Waals surface area (Å²) in [4.78, 5) is 48.7. The monoisotopic (exact) mass is 406 g/mol. The van der Waals surface area contributed by atoms with Gasteiger partial charge in [-0.25, -0.2) is 9.59 Å².